The Bertz CT molecular complexity index is 310. The minimum absolute atomic E-state index is 0.00335. The Morgan fingerprint density at radius 1 is 1.50 bits per heavy atom. The Balaban J connectivity index is 2.55. The van der Waals surface area contributed by atoms with Gasteiger partial charge in [-0.05, 0) is 6.26 Å². The van der Waals surface area contributed by atoms with Gasteiger partial charge in [-0.1, -0.05) is 34.9 Å². The maximum absolute atomic E-state index is 9.24. The van der Waals surface area contributed by atoms with E-state index in [-0.39, 0.29) is 17.9 Å². The molecule has 1 heterocycles. The van der Waals surface area contributed by atoms with Crippen LogP contribution in [0, 0.1) is 0 Å². The Morgan fingerprint density at radius 3 is 2.69 bits per heavy atom. The van der Waals surface area contributed by atoms with Crippen LogP contribution in [0.4, 0.5) is 0 Å². The van der Waals surface area contributed by atoms with Crippen LogP contribution < -0.4 is 5.73 Å². The largest absolute Gasteiger partial charge is 0.395 e. The lowest BCUT2D eigenvalue weighted by molar-refractivity contribution is 0.167. The summed E-state index contributed by atoms with van der Waals surface area (Å²) in [7, 11) is 1.59. The van der Waals surface area contributed by atoms with E-state index in [4.69, 9.17) is 10.5 Å². The summed E-state index contributed by atoms with van der Waals surface area (Å²) in [6, 6.07) is -0.207. The third-order valence-electron chi connectivity index (χ3n) is 1.83. The second kappa shape index (κ2) is 7.46. The highest BCUT2D eigenvalue weighted by Gasteiger charge is 2.20. The first kappa shape index (κ1) is 14.2. The summed E-state index contributed by atoms with van der Waals surface area (Å²) >= 11 is 4.51. The quantitative estimate of drug-likeness (QED) is 0.711. The number of thioether (sulfide) groups is 2. The fraction of sp³-hybridized carbons (Fsp3) is 0.750. The van der Waals surface area contributed by atoms with E-state index in [9.17, 15) is 5.11 Å². The predicted octanol–water partition coefficient (Wildman–Crippen LogP) is 0.687. The molecule has 8 heteroatoms. The monoisotopic (exact) mass is 281 g/mol. The van der Waals surface area contributed by atoms with Gasteiger partial charge in [-0.15, -0.1) is 10.2 Å². The summed E-state index contributed by atoms with van der Waals surface area (Å²) < 4.78 is 6.71. The topological polar surface area (TPSA) is 81.3 Å². The van der Waals surface area contributed by atoms with Gasteiger partial charge >= 0.3 is 0 Å². The molecule has 5 nitrogen and oxygen atoms in total. The molecule has 0 bridgehead atoms. The van der Waals surface area contributed by atoms with Crippen molar-refractivity contribution in [3.05, 3.63) is 0 Å². The van der Waals surface area contributed by atoms with Crippen LogP contribution in [-0.4, -0.2) is 53.2 Å². The van der Waals surface area contributed by atoms with Crippen LogP contribution >= 0.6 is 34.9 Å². The van der Waals surface area contributed by atoms with Crippen LogP contribution in [0.25, 0.3) is 0 Å². The highest BCUT2D eigenvalue weighted by Crippen LogP contribution is 2.30. The van der Waals surface area contributed by atoms with Gasteiger partial charge in [0.05, 0.1) is 18.5 Å². The maximum Gasteiger partial charge on any atom is 0.175 e. The van der Waals surface area contributed by atoms with Crippen LogP contribution in [0.5, 0.6) is 0 Å². The van der Waals surface area contributed by atoms with Gasteiger partial charge in [0, 0.05) is 13.2 Å². The molecule has 0 aliphatic heterocycles. The molecule has 1 aromatic rings. The minimum atomic E-state index is -0.207. The average Bonchev–Trinajstić information content (AvgIpc) is 2.73. The van der Waals surface area contributed by atoms with Gasteiger partial charge in [-0.25, -0.2) is 0 Å². The van der Waals surface area contributed by atoms with Crippen molar-refractivity contribution >= 4 is 34.9 Å². The van der Waals surface area contributed by atoms with Gasteiger partial charge in [0.25, 0.3) is 0 Å². The number of methoxy groups -OCH3 is 1. The average molecular weight is 281 g/mol. The molecule has 1 aromatic heterocycles. The molecular formula is C8H15N3O2S3. The number of nitrogens with two attached hydrogens (primary N) is 1. The van der Waals surface area contributed by atoms with Crippen molar-refractivity contribution < 1.29 is 9.84 Å². The first-order valence-corrected chi connectivity index (χ1v) is 7.52. The smallest absolute Gasteiger partial charge is 0.175 e. The molecule has 0 saturated heterocycles. The molecule has 0 aromatic carbocycles. The summed E-state index contributed by atoms with van der Waals surface area (Å²) in [4.78, 5) is 0. The molecule has 2 atom stereocenters. The number of rotatable bonds is 7. The van der Waals surface area contributed by atoms with E-state index in [1.165, 1.54) is 23.1 Å². The number of aliphatic hydroxyl groups is 1. The van der Waals surface area contributed by atoms with Crippen LogP contribution in [-0.2, 0) is 4.74 Å². The fourth-order valence-electron chi connectivity index (χ4n) is 1.02. The zero-order valence-corrected chi connectivity index (χ0v) is 11.6. The number of aliphatic hydroxyl groups excluding tert-OH is 1. The lowest BCUT2D eigenvalue weighted by atomic mass is 10.2. The lowest BCUT2D eigenvalue weighted by Crippen LogP contribution is -2.38. The van der Waals surface area contributed by atoms with Gasteiger partial charge in [0.15, 0.2) is 8.68 Å². The van der Waals surface area contributed by atoms with E-state index in [0.717, 1.165) is 8.68 Å². The second-order valence-electron chi connectivity index (χ2n) is 3.00. The lowest BCUT2D eigenvalue weighted by Gasteiger charge is -2.18. The van der Waals surface area contributed by atoms with Crippen molar-refractivity contribution in [1.29, 1.82) is 0 Å². The highest BCUT2D eigenvalue weighted by molar-refractivity contribution is 8.03. The molecule has 2 unspecified atom stereocenters. The molecule has 16 heavy (non-hydrogen) atoms. The number of aromatic nitrogens is 2. The number of nitrogens with zero attached hydrogens (tertiary/aromatic N) is 2. The van der Waals surface area contributed by atoms with Crippen molar-refractivity contribution in [3.8, 4) is 0 Å². The first-order chi connectivity index (χ1) is 7.71. The molecular weight excluding hydrogens is 266 g/mol. The molecule has 1 rings (SSSR count). The van der Waals surface area contributed by atoms with Gasteiger partial charge in [-0.2, -0.15) is 0 Å². The molecule has 0 amide bonds. The molecule has 92 valence electrons. The van der Waals surface area contributed by atoms with Gasteiger partial charge in [0.1, 0.15) is 0 Å². The molecule has 3 N–H and O–H groups in total. The normalized spacial score (nSPS) is 15.0. The van der Waals surface area contributed by atoms with Crippen molar-refractivity contribution in [2.45, 2.75) is 20.0 Å². The first-order valence-electron chi connectivity index (χ1n) is 4.60. The standard InChI is InChI=1S/C8H15N3O2S3/c1-13-4-5(9)6(3-12)15-8-11-10-7(14-2)16-8/h5-6,12H,3-4,9H2,1-2H3. The van der Waals surface area contributed by atoms with Crippen LogP contribution in [0.1, 0.15) is 0 Å². The Hall–Kier alpha value is 0.140. The van der Waals surface area contributed by atoms with Crippen LogP contribution in [0.2, 0.25) is 0 Å². The van der Waals surface area contributed by atoms with Gasteiger partial charge < -0.3 is 15.6 Å². The third kappa shape index (κ3) is 4.19. The molecule has 0 saturated carbocycles. The molecule has 0 fully saturated rings. The van der Waals surface area contributed by atoms with E-state index in [1.54, 1.807) is 18.9 Å². The Labute approximate surface area is 107 Å². The van der Waals surface area contributed by atoms with E-state index >= 15 is 0 Å². The van der Waals surface area contributed by atoms with E-state index < -0.39 is 0 Å². The molecule has 0 aliphatic rings. The fourth-order valence-corrected chi connectivity index (χ4v) is 3.66. The summed E-state index contributed by atoms with van der Waals surface area (Å²) in [5, 5.41) is 17.1. The summed E-state index contributed by atoms with van der Waals surface area (Å²) in [5.74, 6) is 0. The molecule has 0 radical (unpaired) electrons. The Kier molecular flexibility index (Phi) is 6.62. The third-order valence-corrected chi connectivity index (χ3v) is 5.15. The van der Waals surface area contributed by atoms with E-state index in [1.807, 2.05) is 6.26 Å². The van der Waals surface area contributed by atoms with Crippen molar-refractivity contribution in [1.82, 2.24) is 10.2 Å². The zero-order chi connectivity index (χ0) is 12.0. The van der Waals surface area contributed by atoms with Crippen molar-refractivity contribution in [3.63, 3.8) is 0 Å². The maximum atomic E-state index is 9.24. The number of hydrogen-bond donors (Lipinski definition) is 2. The summed E-state index contributed by atoms with van der Waals surface area (Å²) in [6.45, 7) is 0.426. The van der Waals surface area contributed by atoms with Crippen LogP contribution in [0.3, 0.4) is 0 Å². The van der Waals surface area contributed by atoms with Crippen LogP contribution in [0.15, 0.2) is 8.68 Å². The van der Waals surface area contributed by atoms with E-state index in [0.29, 0.717) is 6.61 Å². The van der Waals surface area contributed by atoms with Gasteiger partial charge in [0.2, 0.25) is 0 Å². The van der Waals surface area contributed by atoms with E-state index in [2.05, 4.69) is 10.2 Å². The SMILES string of the molecule is COCC(N)C(CO)Sc1nnc(SC)s1. The molecule has 0 aliphatic carbocycles. The van der Waals surface area contributed by atoms with Crippen molar-refractivity contribution in [2.75, 3.05) is 26.6 Å². The molecule has 0 spiro atoms. The summed E-state index contributed by atoms with van der Waals surface area (Å²) in [6.07, 6.45) is 1.95. The minimum Gasteiger partial charge on any atom is -0.395 e. The highest BCUT2D eigenvalue weighted by atomic mass is 32.2. The van der Waals surface area contributed by atoms with Crippen molar-refractivity contribution in [2.24, 2.45) is 5.73 Å². The summed E-state index contributed by atoms with van der Waals surface area (Å²) in [5.41, 5.74) is 5.87. The number of ether oxygens (including phenoxy) is 1. The van der Waals surface area contributed by atoms with Gasteiger partial charge in [-0.3, -0.25) is 0 Å². The predicted molar refractivity (Wildman–Crippen MR) is 68.3 cm³/mol. The number of hydrogen-bond acceptors (Lipinski definition) is 8. The zero-order valence-electron chi connectivity index (χ0n) is 9.12. The Morgan fingerprint density at radius 2 is 2.19 bits per heavy atom. The second-order valence-corrected chi connectivity index (χ2v) is 6.51.